The maximum atomic E-state index is 10.9. The molecule has 0 bridgehead atoms. The largest absolute Gasteiger partial charge is 0.496 e. The first-order chi connectivity index (χ1) is 18.0. The van der Waals surface area contributed by atoms with Gasteiger partial charge in [-0.2, -0.15) is 0 Å². The van der Waals surface area contributed by atoms with E-state index in [4.69, 9.17) is 24.1 Å². The Balaban J connectivity index is 1.52. The molecule has 9 nitrogen and oxygen atoms in total. The second kappa shape index (κ2) is 11.9. The molecule has 0 radical (unpaired) electrons. The number of hydrogen-bond donors (Lipinski definition) is 2. The number of aromatic nitrogens is 2. The number of fused-ring (bicyclic) bond motifs is 1. The first kappa shape index (κ1) is 25.6. The van der Waals surface area contributed by atoms with E-state index in [9.17, 15) is 4.79 Å². The van der Waals surface area contributed by atoms with Crippen LogP contribution in [0.5, 0.6) is 23.0 Å². The lowest BCUT2D eigenvalue weighted by molar-refractivity contribution is -0.139. The molecule has 2 N–H and O–H groups in total. The Morgan fingerprint density at radius 3 is 2.46 bits per heavy atom. The zero-order valence-electron chi connectivity index (χ0n) is 21.0. The first-order valence-corrected chi connectivity index (χ1v) is 11.8. The Morgan fingerprint density at radius 2 is 1.70 bits per heavy atom. The zero-order chi connectivity index (χ0) is 26.2. The predicted octanol–water partition coefficient (Wildman–Crippen LogP) is 4.83. The highest BCUT2D eigenvalue weighted by Crippen LogP contribution is 2.34. The summed E-state index contributed by atoms with van der Waals surface area (Å²) < 4.78 is 22.1. The van der Waals surface area contributed by atoms with Gasteiger partial charge in [0.2, 0.25) is 0 Å². The number of carboxylic acids is 1. The van der Waals surface area contributed by atoms with Gasteiger partial charge in [0.15, 0.2) is 18.1 Å². The summed E-state index contributed by atoms with van der Waals surface area (Å²) in [6.45, 7) is 2.43. The third-order valence-corrected chi connectivity index (χ3v) is 5.77. The number of hydrogen-bond acceptors (Lipinski definition) is 8. The molecule has 0 aliphatic heterocycles. The number of anilines is 1. The lowest BCUT2D eigenvalue weighted by Crippen LogP contribution is -2.10. The fourth-order valence-electron chi connectivity index (χ4n) is 4.12. The van der Waals surface area contributed by atoms with Crippen LogP contribution >= 0.6 is 0 Å². The Morgan fingerprint density at radius 1 is 0.892 bits per heavy atom. The van der Waals surface area contributed by atoms with Gasteiger partial charge in [-0.1, -0.05) is 12.1 Å². The van der Waals surface area contributed by atoms with E-state index in [0.29, 0.717) is 42.6 Å². The van der Waals surface area contributed by atoms with Crippen molar-refractivity contribution >= 4 is 22.6 Å². The molecule has 192 valence electrons. The highest BCUT2D eigenvalue weighted by Gasteiger charge is 2.13. The first-order valence-electron chi connectivity index (χ1n) is 11.8. The Bertz CT molecular complexity index is 1390. The van der Waals surface area contributed by atoms with Crippen LogP contribution in [0.4, 0.5) is 5.82 Å². The number of benzene rings is 3. The summed E-state index contributed by atoms with van der Waals surface area (Å²) in [6.07, 6.45) is 2.20. The summed E-state index contributed by atoms with van der Waals surface area (Å²) in [5, 5.41) is 14.4. The quantitative estimate of drug-likeness (QED) is 0.281. The highest BCUT2D eigenvalue weighted by molar-refractivity contribution is 5.92. The number of ether oxygens (including phenoxy) is 4. The van der Waals surface area contributed by atoms with Crippen molar-refractivity contribution in [3.05, 3.63) is 66.5 Å². The molecule has 0 unspecified atom stereocenters. The summed E-state index contributed by atoms with van der Waals surface area (Å²) >= 11 is 0. The van der Waals surface area contributed by atoms with Crippen molar-refractivity contribution in [1.29, 1.82) is 0 Å². The molecule has 0 aliphatic carbocycles. The maximum Gasteiger partial charge on any atom is 0.341 e. The van der Waals surface area contributed by atoms with Crippen molar-refractivity contribution < 1.29 is 28.8 Å². The summed E-state index contributed by atoms with van der Waals surface area (Å²) in [5.41, 5.74) is 2.56. The van der Waals surface area contributed by atoms with Crippen molar-refractivity contribution in [2.24, 2.45) is 0 Å². The summed E-state index contributed by atoms with van der Waals surface area (Å²) in [6, 6.07) is 17.1. The summed E-state index contributed by atoms with van der Waals surface area (Å²) in [4.78, 5) is 19.6. The minimum Gasteiger partial charge on any atom is -0.496 e. The molecule has 0 amide bonds. The van der Waals surface area contributed by atoms with E-state index in [-0.39, 0.29) is 0 Å². The van der Waals surface area contributed by atoms with Crippen LogP contribution < -0.4 is 24.3 Å². The lowest BCUT2D eigenvalue weighted by Gasteiger charge is -2.15. The van der Waals surface area contributed by atoms with Crippen LogP contribution in [-0.2, 0) is 11.2 Å². The van der Waals surface area contributed by atoms with Crippen LogP contribution in [-0.4, -0.2) is 55.0 Å². The van der Waals surface area contributed by atoms with Crippen molar-refractivity contribution in [3.8, 4) is 34.3 Å². The van der Waals surface area contributed by atoms with Crippen LogP contribution in [0.1, 0.15) is 12.5 Å². The molecule has 0 spiro atoms. The van der Waals surface area contributed by atoms with Gasteiger partial charge >= 0.3 is 5.97 Å². The van der Waals surface area contributed by atoms with Crippen molar-refractivity contribution in [3.63, 3.8) is 0 Å². The maximum absolute atomic E-state index is 10.9. The third-order valence-electron chi connectivity index (χ3n) is 5.77. The van der Waals surface area contributed by atoms with Gasteiger partial charge in [0.25, 0.3) is 0 Å². The molecule has 9 heteroatoms. The number of carboxylic acid groups (broad SMARTS) is 1. The van der Waals surface area contributed by atoms with Gasteiger partial charge in [0.05, 0.1) is 26.5 Å². The molecule has 37 heavy (non-hydrogen) atoms. The summed E-state index contributed by atoms with van der Waals surface area (Å²) in [5.74, 6) is 2.07. The van der Waals surface area contributed by atoms with Crippen LogP contribution in [0.2, 0.25) is 0 Å². The molecule has 0 saturated heterocycles. The van der Waals surface area contributed by atoms with Crippen LogP contribution in [0, 0.1) is 0 Å². The Labute approximate surface area is 215 Å². The van der Waals surface area contributed by atoms with Crippen LogP contribution in [0.15, 0.2) is 60.9 Å². The second-order valence-electron chi connectivity index (χ2n) is 8.04. The normalized spacial score (nSPS) is 10.7. The number of rotatable bonds is 12. The molecule has 0 atom stereocenters. The van der Waals surface area contributed by atoms with Gasteiger partial charge < -0.3 is 29.4 Å². The minimum absolute atomic E-state index is 0.362. The second-order valence-corrected chi connectivity index (χ2v) is 8.04. The number of methoxy groups -OCH3 is 2. The topological polar surface area (TPSA) is 112 Å². The molecule has 1 aromatic heterocycles. The molecule has 0 fully saturated rings. The summed E-state index contributed by atoms with van der Waals surface area (Å²) in [7, 11) is 3.34. The fraction of sp³-hybridized carbons (Fsp3) is 0.250. The third kappa shape index (κ3) is 6.00. The monoisotopic (exact) mass is 503 g/mol. The van der Waals surface area contributed by atoms with Gasteiger partial charge in [0, 0.05) is 29.1 Å². The van der Waals surface area contributed by atoms with E-state index in [1.54, 1.807) is 32.4 Å². The number of nitrogens with zero attached hydrogens (tertiary/aromatic N) is 2. The Hall–Kier alpha value is -4.53. The standard InChI is InChI=1S/C28H29N3O6/c1-4-36-26-14-18(8-10-25(26)37-16-28(32)33)22-15-27(31-17-30-22)29-13-12-21-19-6-5-7-23(34-2)20(19)9-11-24(21)35-3/h5-11,14-15,17H,4,12-13,16H2,1-3H3,(H,32,33)(H,29,30,31). The minimum atomic E-state index is -1.06. The number of carbonyl (C=O) groups is 1. The predicted molar refractivity (Wildman–Crippen MR) is 141 cm³/mol. The average Bonchev–Trinajstić information content (AvgIpc) is 2.92. The zero-order valence-corrected chi connectivity index (χ0v) is 21.0. The average molecular weight is 504 g/mol. The molecule has 0 aliphatic rings. The van der Waals surface area contributed by atoms with Gasteiger partial charge in [-0.15, -0.1) is 0 Å². The molecule has 3 aromatic carbocycles. The molecular formula is C28H29N3O6. The van der Waals surface area contributed by atoms with E-state index in [2.05, 4.69) is 21.4 Å². The number of aliphatic carboxylic acids is 1. The van der Waals surface area contributed by atoms with Crippen molar-refractivity contribution in [2.75, 3.05) is 39.3 Å². The molecule has 4 rings (SSSR count). The van der Waals surface area contributed by atoms with E-state index in [0.717, 1.165) is 33.4 Å². The van der Waals surface area contributed by atoms with Gasteiger partial charge in [-0.05, 0) is 55.1 Å². The van der Waals surface area contributed by atoms with Gasteiger partial charge in [0.1, 0.15) is 23.6 Å². The van der Waals surface area contributed by atoms with Gasteiger partial charge in [-0.25, -0.2) is 14.8 Å². The van der Waals surface area contributed by atoms with E-state index in [1.165, 1.54) is 6.33 Å². The van der Waals surface area contributed by atoms with E-state index >= 15 is 0 Å². The van der Waals surface area contributed by atoms with Crippen molar-refractivity contribution in [2.45, 2.75) is 13.3 Å². The van der Waals surface area contributed by atoms with Crippen LogP contribution in [0.25, 0.3) is 22.0 Å². The molecule has 1 heterocycles. The van der Waals surface area contributed by atoms with E-state index in [1.807, 2.05) is 37.3 Å². The van der Waals surface area contributed by atoms with Crippen molar-refractivity contribution in [1.82, 2.24) is 9.97 Å². The highest BCUT2D eigenvalue weighted by atomic mass is 16.5. The molecular weight excluding hydrogens is 474 g/mol. The number of nitrogens with one attached hydrogen (secondary N) is 1. The smallest absolute Gasteiger partial charge is 0.341 e. The Kier molecular flexibility index (Phi) is 8.25. The van der Waals surface area contributed by atoms with Crippen LogP contribution in [0.3, 0.4) is 0 Å². The fourth-order valence-corrected chi connectivity index (χ4v) is 4.12. The van der Waals surface area contributed by atoms with E-state index < -0.39 is 12.6 Å². The molecule has 0 saturated carbocycles. The SMILES string of the molecule is CCOc1cc(-c2cc(NCCc3c(OC)ccc4c(OC)cccc34)ncn2)ccc1OCC(=O)O. The van der Waals surface area contributed by atoms with Gasteiger partial charge in [-0.3, -0.25) is 0 Å². The molecule has 4 aromatic rings. The lowest BCUT2D eigenvalue weighted by atomic mass is 10.00.